The Morgan fingerprint density at radius 2 is 1.65 bits per heavy atom. The molecule has 0 spiro atoms. The van der Waals surface area contributed by atoms with Gasteiger partial charge in [0.15, 0.2) is 12.6 Å². The molecule has 138 valence electrons. The fraction of sp³-hybridized carbons (Fsp3) is 1.00. The molecule has 0 amide bonds. The molecule has 0 radical (unpaired) electrons. The number of aliphatic hydroxyl groups is 6. The van der Waals surface area contributed by atoms with E-state index in [4.69, 9.17) is 35.9 Å². The third-order valence-corrected chi connectivity index (χ3v) is 3.74. The van der Waals surface area contributed by atoms with Crippen molar-refractivity contribution in [2.24, 2.45) is 11.5 Å². The maximum atomic E-state index is 9.94. The van der Waals surface area contributed by atoms with Crippen molar-refractivity contribution in [3.05, 3.63) is 0 Å². The van der Waals surface area contributed by atoms with E-state index in [0.717, 1.165) is 0 Å². The third kappa shape index (κ3) is 4.78. The fourth-order valence-corrected chi connectivity index (χ4v) is 2.30. The summed E-state index contributed by atoms with van der Waals surface area (Å²) in [6, 6.07) is 0. The van der Waals surface area contributed by atoms with Gasteiger partial charge in [0, 0.05) is 20.2 Å². The van der Waals surface area contributed by atoms with Crippen molar-refractivity contribution in [3.8, 4) is 0 Å². The molecule has 23 heavy (non-hydrogen) atoms. The van der Waals surface area contributed by atoms with Crippen LogP contribution in [0.4, 0.5) is 0 Å². The molecule has 0 aromatic carbocycles. The Balaban J connectivity index is 2.92. The molecule has 1 saturated heterocycles. The number of nitrogens with two attached hydrogens (primary N) is 2. The van der Waals surface area contributed by atoms with Gasteiger partial charge in [-0.3, -0.25) is 0 Å². The van der Waals surface area contributed by atoms with Gasteiger partial charge in [-0.15, -0.1) is 0 Å². The average Bonchev–Trinajstić information content (AvgIpc) is 2.54. The standard InChI is InChI=1S/C12H26N2O9/c1-21-5(3-14)10(9(18)11(19)20)23-12-8(17)7(16)6(15)4(2-13)22-12/h4-12,15-20H,2-3,13-14H2,1H3. The lowest BCUT2D eigenvalue weighted by Crippen LogP contribution is -2.62. The second-order valence-electron chi connectivity index (χ2n) is 5.27. The molecule has 0 aromatic rings. The van der Waals surface area contributed by atoms with Crippen molar-refractivity contribution in [2.75, 3.05) is 20.2 Å². The Bertz CT molecular complexity index is 340. The zero-order valence-corrected chi connectivity index (χ0v) is 12.7. The van der Waals surface area contributed by atoms with Crippen molar-refractivity contribution in [3.63, 3.8) is 0 Å². The second kappa shape index (κ2) is 9.15. The van der Waals surface area contributed by atoms with Crippen LogP contribution in [0.5, 0.6) is 0 Å². The van der Waals surface area contributed by atoms with Crippen LogP contribution >= 0.6 is 0 Å². The first-order valence-corrected chi connectivity index (χ1v) is 7.10. The number of methoxy groups -OCH3 is 1. The topological polar surface area (TPSA) is 201 Å². The van der Waals surface area contributed by atoms with E-state index in [1.54, 1.807) is 0 Å². The van der Waals surface area contributed by atoms with Crippen LogP contribution < -0.4 is 11.5 Å². The normalized spacial score (nSPS) is 36.0. The van der Waals surface area contributed by atoms with Crippen molar-refractivity contribution in [1.82, 2.24) is 0 Å². The minimum Gasteiger partial charge on any atom is -0.388 e. The first-order valence-electron chi connectivity index (χ1n) is 7.10. The zero-order chi connectivity index (χ0) is 17.7. The van der Waals surface area contributed by atoms with E-state index in [9.17, 15) is 20.4 Å². The summed E-state index contributed by atoms with van der Waals surface area (Å²) < 4.78 is 15.6. The molecular weight excluding hydrogens is 316 g/mol. The van der Waals surface area contributed by atoms with Gasteiger partial charge in [-0.1, -0.05) is 0 Å². The molecule has 1 heterocycles. The molecule has 0 aliphatic carbocycles. The smallest absolute Gasteiger partial charge is 0.187 e. The van der Waals surface area contributed by atoms with Crippen LogP contribution in [0.15, 0.2) is 0 Å². The van der Waals surface area contributed by atoms with Crippen LogP contribution in [-0.4, -0.2) is 106 Å². The lowest BCUT2D eigenvalue weighted by molar-refractivity contribution is -0.326. The number of hydrogen-bond donors (Lipinski definition) is 8. The van der Waals surface area contributed by atoms with E-state index in [0.29, 0.717) is 0 Å². The monoisotopic (exact) mass is 342 g/mol. The molecule has 11 heteroatoms. The number of ether oxygens (including phenoxy) is 3. The van der Waals surface area contributed by atoms with Gasteiger partial charge in [0.1, 0.15) is 36.6 Å². The average molecular weight is 342 g/mol. The van der Waals surface area contributed by atoms with Gasteiger partial charge in [-0.05, 0) is 0 Å². The highest BCUT2D eigenvalue weighted by molar-refractivity contribution is 4.91. The highest BCUT2D eigenvalue weighted by atomic mass is 16.7. The van der Waals surface area contributed by atoms with Gasteiger partial charge in [0.25, 0.3) is 0 Å². The molecule has 0 saturated carbocycles. The van der Waals surface area contributed by atoms with Crippen LogP contribution in [0.1, 0.15) is 0 Å². The van der Waals surface area contributed by atoms with Crippen LogP contribution in [0.2, 0.25) is 0 Å². The third-order valence-electron chi connectivity index (χ3n) is 3.74. The molecule has 0 bridgehead atoms. The van der Waals surface area contributed by atoms with Crippen LogP contribution in [-0.2, 0) is 14.2 Å². The van der Waals surface area contributed by atoms with Crippen LogP contribution in [0.25, 0.3) is 0 Å². The molecule has 1 rings (SSSR count). The molecule has 1 fully saturated rings. The highest BCUT2D eigenvalue weighted by Crippen LogP contribution is 2.24. The summed E-state index contributed by atoms with van der Waals surface area (Å²) in [5.74, 6) is 0. The molecule has 10 N–H and O–H groups in total. The van der Waals surface area contributed by atoms with Gasteiger partial charge in [0.05, 0.1) is 6.10 Å². The molecule has 8 unspecified atom stereocenters. The Labute approximate surface area is 133 Å². The van der Waals surface area contributed by atoms with Gasteiger partial charge < -0.3 is 56.3 Å². The number of hydrogen-bond acceptors (Lipinski definition) is 11. The van der Waals surface area contributed by atoms with E-state index in [1.165, 1.54) is 7.11 Å². The molecule has 0 aromatic heterocycles. The van der Waals surface area contributed by atoms with Crippen molar-refractivity contribution < 1.29 is 44.8 Å². The quantitative estimate of drug-likeness (QED) is 0.196. The number of aliphatic hydroxyl groups excluding tert-OH is 5. The first-order chi connectivity index (χ1) is 10.8. The summed E-state index contributed by atoms with van der Waals surface area (Å²) in [7, 11) is 1.27. The Hall–Kier alpha value is -0.440. The van der Waals surface area contributed by atoms with E-state index >= 15 is 0 Å². The summed E-state index contributed by atoms with van der Waals surface area (Å²) in [4.78, 5) is 0. The van der Waals surface area contributed by atoms with Gasteiger partial charge in [-0.2, -0.15) is 0 Å². The maximum Gasteiger partial charge on any atom is 0.187 e. The summed E-state index contributed by atoms with van der Waals surface area (Å²) in [5, 5.41) is 57.6. The van der Waals surface area contributed by atoms with Crippen LogP contribution in [0, 0.1) is 0 Å². The van der Waals surface area contributed by atoms with E-state index in [1.807, 2.05) is 0 Å². The minimum absolute atomic E-state index is 0.140. The summed E-state index contributed by atoms with van der Waals surface area (Å²) in [5.41, 5.74) is 10.9. The molecule has 1 aliphatic rings. The Morgan fingerprint density at radius 3 is 2.09 bits per heavy atom. The Kier molecular flexibility index (Phi) is 8.20. The van der Waals surface area contributed by atoms with E-state index in [-0.39, 0.29) is 13.1 Å². The summed E-state index contributed by atoms with van der Waals surface area (Å²) in [6.07, 6.45) is -13.5. The summed E-state index contributed by atoms with van der Waals surface area (Å²) in [6.45, 7) is -0.301. The van der Waals surface area contributed by atoms with Crippen LogP contribution in [0.3, 0.4) is 0 Å². The SMILES string of the molecule is COC(CN)C(OC1OC(CN)C(O)C(O)C1O)C(O)C(O)O. The van der Waals surface area contributed by atoms with Gasteiger partial charge in [-0.25, -0.2) is 0 Å². The summed E-state index contributed by atoms with van der Waals surface area (Å²) >= 11 is 0. The van der Waals surface area contributed by atoms with Gasteiger partial charge in [0.2, 0.25) is 0 Å². The van der Waals surface area contributed by atoms with E-state index in [2.05, 4.69) is 0 Å². The largest absolute Gasteiger partial charge is 0.388 e. The predicted octanol–water partition coefficient (Wildman–Crippen LogP) is -5.22. The van der Waals surface area contributed by atoms with Gasteiger partial charge >= 0.3 is 0 Å². The highest BCUT2D eigenvalue weighted by Gasteiger charge is 2.46. The molecule has 11 nitrogen and oxygen atoms in total. The van der Waals surface area contributed by atoms with E-state index < -0.39 is 55.3 Å². The molecule has 8 atom stereocenters. The molecular formula is C12H26N2O9. The zero-order valence-electron chi connectivity index (χ0n) is 12.7. The van der Waals surface area contributed by atoms with Crippen molar-refractivity contribution in [1.29, 1.82) is 0 Å². The lowest BCUT2D eigenvalue weighted by Gasteiger charge is -2.42. The maximum absolute atomic E-state index is 9.94. The number of rotatable bonds is 8. The lowest BCUT2D eigenvalue weighted by atomic mass is 9.98. The fourth-order valence-electron chi connectivity index (χ4n) is 2.30. The minimum atomic E-state index is -2.16. The predicted molar refractivity (Wildman–Crippen MR) is 74.7 cm³/mol. The second-order valence-corrected chi connectivity index (χ2v) is 5.27. The van der Waals surface area contributed by atoms with Crippen molar-refractivity contribution in [2.45, 2.75) is 55.3 Å². The Morgan fingerprint density at radius 1 is 1.04 bits per heavy atom. The molecule has 1 aliphatic heterocycles. The van der Waals surface area contributed by atoms with Crippen molar-refractivity contribution >= 4 is 0 Å². The first kappa shape index (κ1) is 20.6.